The zero-order valence-electron chi connectivity index (χ0n) is 24.1. The predicted octanol–water partition coefficient (Wildman–Crippen LogP) is 5.46. The average Bonchev–Trinajstić information content (AvgIpc) is 3.63. The van der Waals surface area contributed by atoms with Gasteiger partial charge < -0.3 is 10.2 Å². The number of piperidine rings is 1. The standard InChI is InChI=1S/C34H43FN4O/c1-34(2)12-11-25(32(16-34)24-6-8-27(35)9-7-24)19-38-22-29-15-30(38)21-37(29)18-23-5-10-31-26(14-23)20-39(33(31)40)28-4-3-13-36-17-28/h5-10,14,28-30,36H,3-4,11-13,15-22H2,1-2H3/t28?,29-,30-/m0/s1. The molecule has 0 spiro atoms. The number of nitrogens with one attached hydrogen (secondary N) is 1. The third-order valence-electron chi connectivity index (χ3n) is 10.3. The van der Waals surface area contributed by atoms with Crippen LogP contribution in [0.3, 0.4) is 0 Å². The first kappa shape index (κ1) is 26.4. The minimum atomic E-state index is -0.160. The van der Waals surface area contributed by atoms with Crippen molar-refractivity contribution < 1.29 is 9.18 Å². The molecule has 2 aromatic rings. The lowest BCUT2D eigenvalue weighted by Gasteiger charge is -2.38. The number of allylic oxidation sites excluding steroid dienone is 1. The molecule has 3 saturated heterocycles. The second-order valence-electron chi connectivity index (χ2n) is 13.8. The summed E-state index contributed by atoms with van der Waals surface area (Å²) in [6.07, 6.45) is 6.92. The Morgan fingerprint density at radius 2 is 1.77 bits per heavy atom. The lowest BCUT2D eigenvalue weighted by molar-refractivity contribution is 0.0674. The van der Waals surface area contributed by atoms with Crippen LogP contribution in [-0.2, 0) is 13.1 Å². The Morgan fingerprint density at radius 3 is 2.50 bits per heavy atom. The number of hydrogen-bond acceptors (Lipinski definition) is 4. The number of carbonyl (C=O) groups excluding carboxylic acids is 1. The molecule has 5 aliphatic rings. The fraction of sp³-hybridized carbons (Fsp3) is 0.559. The van der Waals surface area contributed by atoms with E-state index in [4.69, 9.17) is 0 Å². The third-order valence-corrected chi connectivity index (χ3v) is 10.3. The SMILES string of the molecule is CC1(C)CCC(CN2C[C@@H]3C[C@H]2CN3Cc2ccc3c(c2)CN(C2CCCNC2)C3=O)=C(c2ccc(F)cc2)C1. The van der Waals surface area contributed by atoms with Gasteiger partial charge in [0.15, 0.2) is 0 Å². The molecule has 4 aliphatic heterocycles. The van der Waals surface area contributed by atoms with Crippen LogP contribution in [0, 0.1) is 11.2 Å². The molecule has 6 heteroatoms. The molecule has 1 N–H and O–H groups in total. The van der Waals surface area contributed by atoms with Gasteiger partial charge >= 0.3 is 0 Å². The number of nitrogens with zero attached hydrogens (tertiary/aromatic N) is 3. The van der Waals surface area contributed by atoms with E-state index in [1.165, 1.54) is 35.1 Å². The van der Waals surface area contributed by atoms with Crippen molar-refractivity contribution in [3.8, 4) is 0 Å². The number of hydrogen-bond donors (Lipinski definition) is 1. The van der Waals surface area contributed by atoms with Gasteiger partial charge in [-0.3, -0.25) is 14.6 Å². The van der Waals surface area contributed by atoms with Gasteiger partial charge in [-0.25, -0.2) is 4.39 Å². The molecule has 5 nitrogen and oxygen atoms in total. The summed E-state index contributed by atoms with van der Waals surface area (Å²) in [5.41, 5.74) is 7.95. The van der Waals surface area contributed by atoms with Gasteiger partial charge in [-0.2, -0.15) is 0 Å². The highest BCUT2D eigenvalue weighted by molar-refractivity contribution is 5.98. The first-order valence-electron chi connectivity index (χ1n) is 15.4. The van der Waals surface area contributed by atoms with Crippen LogP contribution in [0.5, 0.6) is 0 Å². The third kappa shape index (κ3) is 5.03. The van der Waals surface area contributed by atoms with E-state index in [1.54, 1.807) is 17.7 Å². The van der Waals surface area contributed by atoms with Crippen LogP contribution in [0.1, 0.15) is 79.4 Å². The van der Waals surface area contributed by atoms with Crippen LogP contribution in [0.2, 0.25) is 0 Å². The van der Waals surface area contributed by atoms with E-state index < -0.39 is 0 Å². The maximum Gasteiger partial charge on any atom is 0.254 e. The van der Waals surface area contributed by atoms with Crippen LogP contribution in [0.15, 0.2) is 48.0 Å². The Labute approximate surface area is 238 Å². The molecule has 1 unspecified atom stereocenters. The van der Waals surface area contributed by atoms with E-state index in [0.29, 0.717) is 23.5 Å². The van der Waals surface area contributed by atoms with Gasteiger partial charge in [0.1, 0.15) is 5.82 Å². The molecule has 212 valence electrons. The molecule has 2 aromatic carbocycles. The summed E-state index contributed by atoms with van der Waals surface area (Å²) >= 11 is 0. The lowest BCUT2D eigenvalue weighted by Crippen LogP contribution is -2.46. The molecule has 3 fully saturated rings. The maximum atomic E-state index is 13.7. The summed E-state index contributed by atoms with van der Waals surface area (Å²) in [5, 5.41) is 3.46. The second-order valence-corrected chi connectivity index (χ2v) is 13.8. The number of fused-ring (bicyclic) bond motifs is 3. The largest absolute Gasteiger partial charge is 0.330 e. The van der Waals surface area contributed by atoms with Crippen molar-refractivity contribution in [1.82, 2.24) is 20.0 Å². The van der Waals surface area contributed by atoms with Crippen molar-refractivity contribution in [1.29, 1.82) is 0 Å². The van der Waals surface area contributed by atoms with E-state index >= 15 is 0 Å². The van der Waals surface area contributed by atoms with Crippen LogP contribution in [0.4, 0.5) is 4.39 Å². The first-order valence-corrected chi connectivity index (χ1v) is 15.4. The fourth-order valence-electron chi connectivity index (χ4n) is 8.05. The number of halogens is 1. The summed E-state index contributed by atoms with van der Waals surface area (Å²) in [4.78, 5) is 20.6. The molecule has 7 rings (SSSR count). The van der Waals surface area contributed by atoms with Crippen LogP contribution >= 0.6 is 0 Å². The molecule has 0 radical (unpaired) electrons. The van der Waals surface area contributed by atoms with Crippen LogP contribution in [-0.4, -0.2) is 71.5 Å². The highest BCUT2D eigenvalue weighted by atomic mass is 19.1. The number of carbonyl (C=O) groups is 1. The van der Waals surface area contributed by atoms with Crippen molar-refractivity contribution in [2.75, 3.05) is 32.7 Å². The monoisotopic (exact) mass is 542 g/mol. The molecule has 0 saturated carbocycles. The van der Waals surface area contributed by atoms with E-state index in [1.807, 2.05) is 12.1 Å². The lowest BCUT2D eigenvalue weighted by atomic mass is 9.72. The zero-order valence-corrected chi connectivity index (χ0v) is 24.1. The van der Waals surface area contributed by atoms with E-state index in [9.17, 15) is 9.18 Å². The van der Waals surface area contributed by atoms with E-state index in [0.717, 1.165) is 77.1 Å². The number of amides is 1. The maximum absolute atomic E-state index is 13.7. The van der Waals surface area contributed by atoms with E-state index in [-0.39, 0.29) is 11.7 Å². The van der Waals surface area contributed by atoms with Gasteiger partial charge in [0.25, 0.3) is 5.91 Å². The smallest absolute Gasteiger partial charge is 0.254 e. The molecular formula is C34H43FN4O. The molecule has 1 aliphatic carbocycles. The molecule has 2 bridgehead atoms. The van der Waals surface area contributed by atoms with Gasteiger partial charge in [0.2, 0.25) is 0 Å². The van der Waals surface area contributed by atoms with E-state index in [2.05, 4.69) is 52.1 Å². The Kier molecular flexibility index (Phi) is 6.84. The molecule has 40 heavy (non-hydrogen) atoms. The van der Waals surface area contributed by atoms with Crippen LogP contribution < -0.4 is 5.32 Å². The van der Waals surface area contributed by atoms with Crippen LogP contribution in [0.25, 0.3) is 5.57 Å². The minimum Gasteiger partial charge on any atom is -0.330 e. The highest BCUT2D eigenvalue weighted by Gasteiger charge is 2.44. The Morgan fingerprint density at radius 1 is 1.00 bits per heavy atom. The number of rotatable bonds is 6. The first-order chi connectivity index (χ1) is 19.3. The van der Waals surface area contributed by atoms with Crippen molar-refractivity contribution in [2.45, 2.75) is 83.6 Å². The van der Waals surface area contributed by atoms with Gasteiger partial charge in [-0.05, 0) is 90.9 Å². The summed E-state index contributed by atoms with van der Waals surface area (Å²) < 4.78 is 13.7. The van der Waals surface area contributed by atoms with Gasteiger partial charge in [-0.1, -0.05) is 43.7 Å². The predicted molar refractivity (Wildman–Crippen MR) is 157 cm³/mol. The van der Waals surface area contributed by atoms with Gasteiger partial charge in [0.05, 0.1) is 0 Å². The minimum absolute atomic E-state index is 0.160. The Hall–Kier alpha value is -2.54. The summed E-state index contributed by atoms with van der Waals surface area (Å²) in [5.74, 6) is 0.0539. The zero-order chi connectivity index (χ0) is 27.4. The normalized spacial score (nSPS) is 28.5. The average molecular weight is 543 g/mol. The Bertz CT molecular complexity index is 1310. The Balaban J connectivity index is 1.01. The topological polar surface area (TPSA) is 38.8 Å². The quantitative estimate of drug-likeness (QED) is 0.527. The van der Waals surface area contributed by atoms with Gasteiger partial charge in [0, 0.05) is 63.0 Å². The number of benzene rings is 2. The molecular weight excluding hydrogens is 499 g/mol. The highest BCUT2D eigenvalue weighted by Crippen LogP contribution is 2.44. The van der Waals surface area contributed by atoms with Gasteiger partial charge in [-0.15, -0.1) is 0 Å². The number of likely N-dealkylation sites (tertiary alicyclic amines) is 2. The molecule has 0 aromatic heterocycles. The van der Waals surface area contributed by atoms with Crippen molar-refractivity contribution in [3.05, 3.63) is 76.1 Å². The van der Waals surface area contributed by atoms with Crippen molar-refractivity contribution in [3.63, 3.8) is 0 Å². The van der Waals surface area contributed by atoms with Crippen molar-refractivity contribution in [2.24, 2.45) is 5.41 Å². The molecule has 4 heterocycles. The summed E-state index contributed by atoms with van der Waals surface area (Å²) in [6, 6.07) is 15.3. The molecule has 1 amide bonds. The fourth-order valence-corrected chi connectivity index (χ4v) is 8.05. The second kappa shape index (κ2) is 10.4. The number of piperazine rings is 1. The summed E-state index contributed by atoms with van der Waals surface area (Å²) in [7, 11) is 0. The molecule has 3 atom stereocenters. The van der Waals surface area contributed by atoms with Crippen molar-refractivity contribution >= 4 is 11.5 Å². The summed E-state index contributed by atoms with van der Waals surface area (Å²) in [6.45, 7) is 11.7.